The first-order valence-corrected chi connectivity index (χ1v) is 6.32. The molecule has 1 atom stereocenters. The van der Waals surface area contributed by atoms with E-state index in [0.29, 0.717) is 32.6 Å². The third-order valence-electron chi connectivity index (χ3n) is 3.37. The Hall–Kier alpha value is -1.52. The van der Waals surface area contributed by atoms with E-state index < -0.39 is 11.4 Å². The van der Waals surface area contributed by atoms with E-state index in [1.807, 2.05) is 6.92 Å². The Morgan fingerprint density at radius 3 is 2.67 bits per heavy atom. The molecule has 1 saturated heterocycles. The maximum Gasteiger partial charge on any atom is 0.320 e. The van der Waals surface area contributed by atoms with Crippen LogP contribution in [0.25, 0.3) is 0 Å². The highest BCUT2D eigenvalue weighted by atomic mass is 16.4. The van der Waals surface area contributed by atoms with Crippen LogP contribution in [0.3, 0.4) is 0 Å². The second kappa shape index (κ2) is 5.89. The van der Waals surface area contributed by atoms with Gasteiger partial charge in [0, 0.05) is 26.2 Å². The second-order valence-electron chi connectivity index (χ2n) is 5.05. The molecule has 0 bridgehead atoms. The molecule has 1 unspecified atom stereocenters. The van der Waals surface area contributed by atoms with E-state index in [2.05, 4.69) is 6.58 Å². The summed E-state index contributed by atoms with van der Waals surface area (Å²) in [6, 6.07) is -0.0817. The Bertz CT molecular complexity index is 343. The average Bonchev–Trinajstić information content (AvgIpc) is 2.72. The molecule has 1 aliphatic heterocycles. The lowest BCUT2D eigenvalue weighted by atomic mass is 9.90. The van der Waals surface area contributed by atoms with Gasteiger partial charge >= 0.3 is 12.0 Å². The van der Waals surface area contributed by atoms with Crippen molar-refractivity contribution in [1.29, 1.82) is 0 Å². The van der Waals surface area contributed by atoms with Crippen LogP contribution in [0, 0.1) is 5.41 Å². The van der Waals surface area contributed by atoms with Gasteiger partial charge in [0.25, 0.3) is 0 Å². The Labute approximate surface area is 108 Å². The monoisotopic (exact) mass is 254 g/mol. The molecule has 0 radical (unpaired) electrons. The molecule has 0 aromatic heterocycles. The van der Waals surface area contributed by atoms with Crippen LogP contribution in [0.2, 0.25) is 0 Å². The minimum Gasteiger partial charge on any atom is -0.481 e. The summed E-state index contributed by atoms with van der Waals surface area (Å²) in [5.74, 6) is -0.830. The third-order valence-corrected chi connectivity index (χ3v) is 3.37. The first-order chi connectivity index (χ1) is 8.44. The Kier molecular flexibility index (Phi) is 4.76. The van der Waals surface area contributed by atoms with E-state index in [1.165, 1.54) is 0 Å². The van der Waals surface area contributed by atoms with Crippen LogP contribution in [-0.4, -0.2) is 53.1 Å². The number of hydrogen-bond donors (Lipinski definition) is 1. The van der Waals surface area contributed by atoms with Gasteiger partial charge in [0.1, 0.15) is 0 Å². The summed E-state index contributed by atoms with van der Waals surface area (Å²) in [7, 11) is 0. The van der Waals surface area contributed by atoms with Crippen molar-refractivity contribution in [3.8, 4) is 0 Å². The van der Waals surface area contributed by atoms with Crippen molar-refractivity contribution < 1.29 is 14.7 Å². The van der Waals surface area contributed by atoms with E-state index in [4.69, 9.17) is 5.11 Å². The maximum absolute atomic E-state index is 12.2. The van der Waals surface area contributed by atoms with Crippen molar-refractivity contribution >= 4 is 12.0 Å². The van der Waals surface area contributed by atoms with E-state index in [-0.39, 0.29) is 6.03 Å². The number of likely N-dealkylation sites (tertiary alicyclic amines) is 1. The lowest BCUT2D eigenvalue weighted by Crippen LogP contribution is -2.44. The summed E-state index contributed by atoms with van der Waals surface area (Å²) in [5.41, 5.74) is -0.804. The minimum absolute atomic E-state index is 0.0817. The summed E-state index contributed by atoms with van der Waals surface area (Å²) in [6.07, 6.45) is 3.09. The average molecular weight is 254 g/mol. The molecule has 5 nitrogen and oxygen atoms in total. The summed E-state index contributed by atoms with van der Waals surface area (Å²) in [4.78, 5) is 26.7. The van der Waals surface area contributed by atoms with Gasteiger partial charge in [-0.15, -0.1) is 6.58 Å². The van der Waals surface area contributed by atoms with Crippen LogP contribution in [0.5, 0.6) is 0 Å². The van der Waals surface area contributed by atoms with Crippen molar-refractivity contribution in [2.75, 3.05) is 26.2 Å². The number of hydrogen-bond acceptors (Lipinski definition) is 2. The molecule has 1 fully saturated rings. The van der Waals surface area contributed by atoms with Gasteiger partial charge in [0.05, 0.1) is 5.41 Å². The topological polar surface area (TPSA) is 60.9 Å². The number of rotatable bonds is 5. The Balaban J connectivity index is 2.68. The van der Waals surface area contributed by atoms with Gasteiger partial charge in [-0.05, 0) is 19.8 Å². The smallest absolute Gasteiger partial charge is 0.320 e. The fourth-order valence-corrected chi connectivity index (χ4v) is 2.19. The van der Waals surface area contributed by atoms with Crippen molar-refractivity contribution in [2.45, 2.75) is 26.7 Å². The Morgan fingerprint density at radius 1 is 1.56 bits per heavy atom. The fraction of sp³-hybridized carbons (Fsp3) is 0.692. The van der Waals surface area contributed by atoms with Crippen molar-refractivity contribution in [2.24, 2.45) is 5.41 Å². The van der Waals surface area contributed by atoms with Gasteiger partial charge in [-0.3, -0.25) is 4.79 Å². The molecule has 1 heterocycles. The van der Waals surface area contributed by atoms with Gasteiger partial charge in [0.15, 0.2) is 0 Å². The lowest BCUT2D eigenvalue weighted by Gasteiger charge is -2.27. The molecule has 18 heavy (non-hydrogen) atoms. The molecule has 0 aromatic rings. The van der Waals surface area contributed by atoms with Gasteiger partial charge in [-0.25, -0.2) is 4.79 Å². The van der Waals surface area contributed by atoms with Crippen molar-refractivity contribution in [3.63, 3.8) is 0 Å². The van der Waals surface area contributed by atoms with Crippen molar-refractivity contribution in [3.05, 3.63) is 12.7 Å². The van der Waals surface area contributed by atoms with Gasteiger partial charge in [-0.1, -0.05) is 13.0 Å². The zero-order chi connectivity index (χ0) is 13.8. The molecule has 1 aliphatic rings. The van der Waals surface area contributed by atoms with Crippen LogP contribution in [0.4, 0.5) is 4.79 Å². The molecule has 0 aliphatic carbocycles. The quantitative estimate of drug-likeness (QED) is 0.761. The molecule has 0 saturated carbocycles. The standard InChI is InChI=1S/C13H22N2O3/c1-4-7-14(8-5-2)12(18)15-9-6-13(3,10-15)11(16)17/h4H,1,5-10H2,2-3H3,(H,16,17). The largest absolute Gasteiger partial charge is 0.481 e. The molecular weight excluding hydrogens is 232 g/mol. The number of carboxylic acids is 1. The van der Waals surface area contributed by atoms with E-state index in [9.17, 15) is 9.59 Å². The number of amides is 2. The predicted molar refractivity (Wildman–Crippen MR) is 69.4 cm³/mol. The number of nitrogens with zero attached hydrogens (tertiary/aromatic N) is 2. The zero-order valence-corrected chi connectivity index (χ0v) is 11.2. The Morgan fingerprint density at radius 2 is 2.22 bits per heavy atom. The minimum atomic E-state index is -0.830. The summed E-state index contributed by atoms with van der Waals surface area (Å²) in [6.45, 7) is 9.33. The van der Waals surface area contributed by atoms with Crippen molar-refractivity contribution in [1.82, 2.24) is 9.80 Å². The highest BCUT2D eigenvalue weighted by Crippen LogP contribution is 2.30. The molecule has 5 heteroatoms. The van der Waals surface area contributed by atoms with Crippen LogP contribution >= 0.6 is 0 Å². The second-order valence-corrected chi connectivity index (χ2v) is 5.05. The first kappa shape index (κ1) is 14.5. The number of aliphatic carboxylic acids is 1. The molecule has 1 rings (SSSR count). The van der Waals surface area contributed by atoms with E-state index in [1.54, 1.807) is 22.8 Å². The zero-order valence-electron chi connectivity index (χ0n) is 11.2. The highest BCUT2D eigenvalue weighted by molar-refractivity contribution is 5.79. The molecule has 2 amide bonds. The number of carbonyl (C=O) groups excluding carboxylic acids is 1. The molecular formula is C13H22N2O3. The van der Waals surface area contributed by atoms with Gasteiger partial charge in [-0.2, -0.15) is 0 Å². The molecule has 1 N–H and O–H groups in total. The van der Waals surface area contributed by atoms with Crippen LogP contribution < -0.4 is 0 Å². The lowest BCUT2D eigenvalue weighted by molar-refractivity contribution is -0.147. The first-order valence-electron chi connectivity index (χ1n) is 6.32. The fourth-order valence-electron chi connectivity index (χ4n) is 2.19. The molecule has 0 aromatic carbocycles. The van der Waals surface area contributed by atoms with Crippen LogP contribution in [0.1, 0.15) is 26.7 Å². The predicted octanol–water partition coefficient (Wildman–Crippen LogP) is 1.80. The maximum atomic E-state index is 12.2. The van der Waals surface area contributed by atoms with Gasteiger partial charge < -0.3 is 14.9 Å². The molecule has 102 valence electrons. The van der Waals surface area contributed by atoms with Crippen LogP contribution in [-0.2, 0) is 4.79 Å². The van der Waals surface area contributed by atoms with E-state index in [0.717, 1.165) is 6.42 Å². The molecule has 0 spiro atoms. The third kappa shape index (κ3) is 3.03. The highest BCUT2D eigenvalue weighted by Gasteiger charge is 2.42. The number of carbonyl (C=O) groups is 2. The number of urea groups is 1. The van der Waals surface area contributed by atoms with E-state index >= 15 is 0 Å². The summed E-state index contributed by atoms with van der Waals surface area (Å²) in [5, 5.41) is 9.15. The normalized spacial score (nSPS) is 22.9. The summed E-state index contributed by atoms with van der Waals surface area (Å²) < 4.78 is 0. The summed E-state index contributed by atoms with van der Waals surface area (Å²) >= 11 is 0. The van der Waals surface area contributed by atoms with Crippen LogP contribution in [0.15, 0.2) is 12.7 Å². The van der Waals surface area contributed by atoms with Gasteiger partial charge in [0.2, 0.25) is 0 Å². The SMILES string of the molecule is C=CCN(CCC)C(=O)N1CCC(C)(C(=O)O)C1. The number of carboxylic acid groups (broad SMARTS) is 1.